The average molecular weight is 438 g/mol. The van der Waals surface area contributed by atoms with Crippen LogP contribution in [-0.4, -0.2) is 34.4 Å². The number of carbonyl (C=O) groups excluding carboxylic acids is 2. The van der Waals surface area contributed by atoms with Gasteiger partial charge in [0, 0.05) is 50.3 Å². The zero-order valence-corrected chi connectivity index (χ0v) is 17.6. The average Bonchev–Trinajstić information content (AvgIpc) is 3.21. The van der Waals surface area contributed by atoms with Crippen molar-refractivity contribution in [1.29, 1.82) is 0 Å². The number of benzene rings is 2. The first-order valence-corrected chi connectivity index (χ1v) is 10.4. The lowest BCUT2D eigenvalue weighted by atomic mass is 9.98. The summed E-state index contributed by atoms with van der Waals surface area (Å²) in [5.74, 6) is -3.91. The molecule has 1 atom stereocenters. The van der Waals surface area contributed by atoms with Crippen LogP contribution in [0.25, 0.3) is 0 Å². The zero-order chi connectivity index (χ0) is 22.7. The van der Waals surface area contributed by atoms with E-state index >= 15 is 0 Å². The molecular formula is C24H24F2N4O2. The summed E-state index contributed by atoms with van der Waals surface area (Å²) in [7, 11) is 1.94. The summed E-state index contributed by atoms with van der Waals surface area (Å²) in [5, 5.41) is 4.99. The van der Waals surface area contributed by atoms with Crippen LogP contribution in [0.5, 0.6) is 0 Å². The highest BCUT2D eigenvalue weighted by Crippen LogP contribution is 2.27. The highest BCUT2D eigenvalue weighted by molar-refractivity contribution is 6.39. The monoisotopic (exact) mass is 438 g/mol. The summed E-state index contributed by atoms with van der Waals surface area (Å²) >= 11 is 0. The highest BCUT2D eigenvalue weighted by atomic mass is 19.2. The van der Waals surface area contributed by atoms with E-state index in [0.29, 0.717) is 0 Å². The van der Waals surface area contributed by atoms with Crippen molar-refractivity contribution in [3.63, 3.8) is 0 Å². The van der Waals surface area contributed by atoms with E-state index in [1.165, 1.54) is 17.2 Å². The van der Waals surface area contributed by atoms with Gasteiger partial charge in [-0.2, -0.15) is 0 Å². The Kier molecular flexibility index (Phi) is 6.32. The molecule has 3 aromatic rings. The predicted octanol–water partition coefficient (Wildman–Crippen LogP) is 3.16. The van der Waals surface area contributed by atoms with E-state index in [9.17, 15) is 18.4 Å². The van der Waals surface area contributed by atoms with Crippen LogP contribution in [0, 0.1) is 11.6 Å². The lowest BCUT2D eigenvalue weighted by Gasteiger charge is -2.36. The van der Waals surface area contributed by atoms with E-state index in [-0.39, 0.29) is 18.3 Å². The van der Waals surface area contributed by atoms with E-state index < -0.39 is 23.4 Å². The van der Waals surface area contributed by atoms with E-state index in [1.807, 2.05) is 42.1 Å². The predicted molar refractivity (Wildman–Crippen MR) is 117 cm³/mol. The molecule has 0 radical (unpaired) electrons. The molecule has 166 valence electrons. The van der Waals surface area contributed by atoms with Crippen molar-refractivity contribution < 1.29 is 18.4 Å². The van der Waals surface area contributed by atoms with E-state index in [1.54, 1.807) is 0 Å². The number of aryl methyl sites for hydroxylation is 1. The number of fused-ring (bicyclic) bond motifs is 1. The first-order chi connectivity index (χ1) is 15.4. The van der Waals surface area contributed by atoms with Crippen LogP contribution in [0.2, 0.25) is 0 Å². The standard InChI is InChI=1S/C24H24F2N4O2/c1-29-11-4-7-21(29)22(30-12-10-16-5-2-3-6-17(16)15-30)14-27-23(31)24(32)28-18-8-9-19(25)20(26)13-18/h2-9,11,13,22H,10,12,14-15H2,1H3,(H,27,31)(H,28,32). The van der Waals surface area contributed by atoms with Gasteiger partial charge >= 0.3 is 11.8 Å². The van der Waals surface area contributed by atoms with Crippen LogP contribution in [0.3, 0.4) is 0 Å². The minimum absolute atomic E-state index is 0.00988. The Morgan fingerprint density at radius 3 is 2.50 bits per heavy atom. The summed E-state index contributed by atoms with van der Waals surface area (Å²) in [6.07, 6.45) is 2.85. The Bertz CT molecular complexity index is 1140. The number of hydrogen-bond donors (Lipinski definition) is 2. The lowest BCUT2D eigenvalue weighted by molar-refractivity contribution is -0.136. The van der Waals surface area contributed by atoms with Gasteiger partial charge in [0.25, 0.3) is 0 Å². The molecule has 0 spiro atoms. The fourth-order valence-corrected chi connectivity index (χ4v) is 4.06. The fraction of sp³-hybridized carbons (Fsp3) is 0.250. The molecule has 0 saturated heterocycles. The van der Waals surface area contributed by atoms with Crippen LogP contribution in [-0.2, 0) is 29.6 Å². The Morgan fingerprint density at radius 1 is 1.00 bits per heavy atom. The molecule has 1 unspecified atom stereocenters. The molecule has 4 rings (SSSR count). The third-order valence-corrected chi connectivity index (χ3v) is 5.77. The molecule has 2 aromatic carbocycles. The van der Waals surface area contributed by atoms with Gasteiger partial charge in [-0.25, -0.2) is 8.78 Å². The summed E-state index contributed by atoms with van der Waals surface area (Å²) in [6.45, 7) is 1.79. The molecule has 2 heterocycles. The molecule has 1 aliphatic heterocycles. The Balaban J connectivity index is 1.45. The first-order valence-electron chi connectivity index (χ1n) is 10.4. The van der Waals surface area contributed by atoms with Gasteiger partial charge in [-0.15, -0.1) is 0 Å². The number of anilines is 1. The normalized spacial score (nSPS) is 14.5. The number of rotatable bonds is 5. The highest BCUT2D eigenvalue weighted by Gasteiger charge is 2.27. The van der Waals surface area contributed by atoms with Gasteiger partial charge in [-0.3, -0.25) is 14.5 Å². The number of carbonyl (C=O) groups is 2. The molecule has 6 nitrogen and oxygen atoms in total. The van der Waals surface area contributed by atoms with Gasteiger partial charge in [0.2, 0.25) is 0 Å². The number of amides is 2. The minimum atomic E-state index is -1.10. The van der Waals surface area contributed by atoms with Crippen LogP contribution in [0.15, 0.2) is 60.8 Å². The van der Waals surface area contributed by atoms with Gasteiger partial charge in [-0.1, -0.05) is 24.3 Å². The number of halogens is 2. The van der Waals surface area contributed by atoms with Crippen molar-refractivity contribution >= 4 is 17.5 Å². The molecule has 2 amide bonds. The van der Waals surface area contributed by atoms with E-state index in [4.69, 9.17) is 0 Å². The molecule has 2 N–H and O–H groups in total. The molecule has 0 fully saturated rings. The van der Waals surface area contributed by atoms with Gasteiger partial charge in [0.05, 0.1) is 6.04 Å². The fourth-order valence-electron chi connectivity index (χ4n) is 4.06. The molecule has 0 aliphatic carbocycles. The quantitative estimate of drug-likeness (QED) is 0.602. The lowest BCUT2D eigenvalue weighted by Crippen LogP contribution is -2.44. The second-order valence-electron chi connectivity index (χ2n) is 7.84. The van der Waals surface area contributed by atoms with E-state index in [0.717, 1.165) is 37.3 Å². The Labute approximate surface area is 184 Å². The van der Waals surface area contributed by atoms with Crippen LogP contribution in [0.4, 0.5) is 14.5 Å². The summed E-state index contributed by atoms with van der Waals surface area (Å²) < 4.78 is 28.4. The molecule has 0 bridgehead atoms. The molecule has 1 aromatic heterocycles. The number of nitrogens with zero attached hydrogens (tertiary/aromatic N) is 2. The first kappa shape index (κ1) is 21.7. The van der Waals surface area contributed by atoms with Gasteiger partial charge in [0.1, 0.15) is 0 Å². The van der Waals surface area contributed by atoms with Gasteiger partial charge < -0.3 is 15.2 Å². The van der Waals surface area contributed by atoms with Crippen LogP contribution < -0.4 is 10.6 Å². The van der Waals surface area contributed by atoms with Crippen molar-refractivity contribution in [1.82, 2.24) is 14.8 Å². The van der Waals surface area contributed by atoms with Crippen LogP contribution >= 0.6 is 0 Å². The van der Waals surface area contributed by atoms with Crippen molar-refractivity contribution in [2.24, 2.45) is 7.05 Å². The third kappa shape index (κ3) is 4.70. The van der Waals surface area contributed by atoms with Gasteiger partial charge in [0.15, 0.2) is 11.6 Å². The maximum atomic E-state index is 13.4. The summed E-state index contributed by atoms with van der Waals surface area (Å²) in [5.41, 5.74) is 3.60. The SMILES string of the molecule is Cn1cccc1C(CNC(=O)C(=O)Nc1ccc(F)c(F)c1)N1CCc2ccccc2C1. The molecule has 0 saturated carbocycles. The molecular weight excluding hydrogens is 414 g/mol. The molecule has 1 aliphatic rings. The molecule has 8 heteroatoms. The Hall–Kier alpha value is -3.52. The Morgan fingerprint density at radius 2 is 1.78 bits per heavy atom. The van der Waals surface area contributed by atoms with Gasteiger partial charge in [-0.05, 0) is 41.8 Å². The summed E-state index contributed by atoms with van der Waals surface area (Å²) in [4.78, 5) is 27.0. The largest absolute Gasteiger partial charge is 0.353 e. The minimum Gasteiger partial charge on any atom is -0.353 e. The summed E-state index contributed by atoms with van der Waals surface area (Å²) in [6, 6.07) is 15.0. The number of aromatic nitrogens is 1. The van der Waals surface area contributed by atoms with Crippen molar-refractivity contribution in [3.8, 4) is 0 Å². The zero-order valence-electron chi connectivity index (χ0n) is 17.6. The van der Waals surface area contributed by atoms with Crippen molar-refractivity contribution in [2.45, 2.75) is 19.0 Å². The van der Waals surface area contributed by atoms with E-state index in [2.05, 4.69) is 27.7 Å². The second-order valence-corrected chi connectivity index (χ2v) is 7.84. The second kappa shape index (κ2) is 9.32. The third-order valence-electron chi connectivity index (χ3n) is 5.77. The smallest absolute Gasteiger partial charge is 0.313 e. The number of nitrogens with one attached hydrogen (secondary N) is 2. The van der Waals surface area contributed by atoms with Crippen molar-refractivity contribution in [2.75, 3.05) is 18.4 Å². The number of hydrogen-bond acceptors (Lipinski definition) is 3. The molecule has 32 heavy (non-hydrogen) atoms. The maximum Gasteiger partial charge on any atom is 0.313 e. The topological polar surface area (TPSA) is 66.4 Å². The van der Waals surface area contributed by atoms with Crippen LogP contribution in [0.1, 0.15) is 22.9 Å². The van der Waals surface area contributed by atoms with Crippen molar-refractivity contribution in [3.05, 3.63) is 89.2 Å². The maximum absolute atomic E-state index is 13.4.